The average molecular weight is 450 g/mol. The standard InChI is InChI=1S/C24H20ClN3O2S/c1-14-8-10-18(11-9-14)27-15(2)12-17(16(27)3)13-19-22(29)26-24(31)28(23(19)30)21-7-5-4-6-20(21)25/h4-13H,1-3H3,(H,26,29,31)/b19-13+. The summed E-state index contributed by atoms with van der Waals surface area (Å²) in [5.74, 6) is -1.04. The molecule has 2 amide bonds. The Labute approximate surface area is 190 Å². The van der Waals surface area contributed by atoms with Gasteiger partial charge >= 0.3 is 0 Å². The molecule has 7 heteroatoms. The summed E-state index contributed by atoms with van der Waals surface area (Å²) in [6, 6.07) is 17.0. The minimum Gasteiger partial charge on any atom is -0.318 e. The summed E-state index contributed by atoms with van der Waals surface area (Å²) in [6.07, 6.45) is 1.61. The number of amides is 2. The highest BCUT2D eigenvalue weighted by molar-refractivity contribution is 7.80. The van der Waals surface area contributed by atoms with E-state index in [9.17, 15) is 9.59 Å². The van der Waals surface area contributed by atoms with Crippen molar-refractivity contribution in [2.75, 3.05) is 4.90 Å². The molecule has 1 fully saturated rings. The number of hydrogen-bond donors (Lipinski definition) is 1. The number of aromatic nitrogens is 1. The predicted octanol–water partition coefficient (Wildman–Crippen LogP) is 4.89. The first-order valence-corrected chi connectivity index (χ1v) is 10.5. The highest BCUT2D eigenvalue weighted by atomic mass is 35.5. The monoisotopic (exact) mass is 449 g/mol. The first-order chi connectivity index (χ1) is 14.8. The average Bonchev–Trinajstić information content (AvgIpc) is 3.00. The largest absolute Gasteiger partial charge is 0.318 e. The van der Waals surface area contributed by atoms with E-state index in [0.717, 1.165) is 22.6 Å². The van der Waals surface area contributed by atoms with E-state index in [4.69, 9.17) is 23.8 Å². The Morgan fingerprint density at radius 1 is 1.00 bits per heavy atom. The van der Waals surface area contributed by atoms with Crippen LogP contribution in [-0.4, -0.2) is 21.5 Å². The molecule has 0 unspecified atom stereocenters. The molecule has 0 spiro atoms. The number of rotatable bonds is 3. The van der Waals surface area contributed by atoms with E-state index in [-0.39, 0.29) is 10.7 Å². The number of hydrogen-bond acceptors (Lipinski definition) is 3. The first kappa shape index (κ1) is 21.0. The lowest BCUT2D eigenvalue weighted by molar-refractivity contribution is -0.122. The Morgan fingerprint density at radius 3 is 2.35 bits per heavy atom. The Morgan fingerprint density at radius 2 is 1.68 bits per heavy atom. The van der Waals surface area contributed by atoms with Crippen LogP contribution in [0.2, 0.25) is 5.02 Å². The van der Waals surface area contributed by atoms with E-state index in [1.54, 1.807) is 30.3 Å². The molecule has 0 aliphatic carbocycles. The van der Waals surface area contributed by atoms with Gasteiger partial charge in [-0.1, -0.05) is 41.4 Å². The molecule has 156 valence electrons. The molecule has 0 bridgehead atoms. The normalized spacial score (nSPS) is 15.5. The molecule has 2 heterocycles. The second-order valence-corrected chi connectivity index (χ2v) is 8.20. The van der Waals surface area contributed by atoms with E-state index >= 15 is 0 Å². The van der Waals surface area contributed by atoms with Crippen molar-refractivity contribution >= 4 is 52.5 Å². The van der Waals surface area contributed by atoms with Crippen LogP contribution in [0.4, 0.5) is 5.69 Å². The molecule has 0 atom stereocenters. The molecule has 5 nitrogen and oxygen atoms in total. The fourth-order valence-electron chi connectivity index (χ4n) is 3.69. The number of benzene rings is 2. The molecule has 1 aliphatic rings. The molecular weight excluding hydrogens is 430 g/mol. The third-order valence-corrected chi connectivity index (χ3v) is 5.86. The van der Waals surface area contributed by atoms with Crippen molar-refractivity contribution in [3.8, 4) is 5.69 Å². The number of halogens is 1. The lowest BCUT2D eigenvalue weighted by Gasteiger charge is -2.29. The van der Waals surface area contributed by atoms with Crippen LogP contribution in [-0.2, 0) is 9.59 Å². The van der Waals surface area contributed by atoms with Crippen LogP contribution in [0.15, 0.2) is 60.2 Å². The van der Waals surface area contributed by atoms with E-state index in [1.165, 1.54) is 10.5 Å². The van der Waals surface area contributed by atoms with Gasteiger partial charge in [0.25, 0.3) is 11.8 Å². The lowest BCUT2D eigenvalue weighted by Crippen LogP contribution is -2.54. The van der Waals surface area contributed by atoms with Crippen LogP contribution in [0.5, 0.6) is 0 Å². The van der Waals surface area contributed by atoms with Gasteiger partial charge in [0, 0.05) is 17.1 Å². The van der Waals surface area contributed by atoms with Crippen LogP contribution in [0, 0.1) is 20.8 Å². The minimum atomic E-state index is -0.529. The molecular formula is C24H20ClN3O2S. The fraction of sp³-hybridized carbons (Fsp3) is 0.125. The predicted molar refractivity (Wildman–Crippen MR) is 128 cm³/mol. The highest BCUT2D eigenvalue weighted by Gasteiger charge is 2.35. The van der Waals surface area contributed by atoms with Gasteiger partial charge < -0.3 is 4.57 Å². The van der Waals surface area contributed by atoms with Crippen LogP contribution in [0.1, 0.15) is 22.5 Å². The first-order valence-electron chi connectivity index (χ1n) is 9.70. The van der Waals surface area contributed by atoms with Gasteiger partial charge in [-0.2, -0.15) is 0 Å². The van der Waals surface area contributed by atoms with Gasteiger partial charge in [-0.3, -0.25) is 19.8 Å². The van der Waals surface area contributed by atoms with Gasteiger partial charge in [0.05, 0.1) is 10.7 Å². The maximum atomic E-state index is 13.3. The summed E-state index contributed by atoms with van der Waals surface area (Å²) in [5, 5.41) is 2.97. The number of aryl methyl sites for hydroxylation is 2. The summed E-state index contributed by atoms with van der Waals surface area (Å²) in [6.45, 7) is 5.99. The quantitative estimate of drug-likeness (QED) is 0.352. The van der Waals surface area contributed by atoms with Gasteiger partial charge in [0.1, 0.15) is 5.57 Å². The van der Waals surface area contributed by atoms with Crippen molar-refractivity contribution in [3.63, 3.8) is 0 Å². The molecule has 1 saturated heterocycles. The van der Waals surface area contributed by atoms with Crippen LogP contribution < -0.4 is 10.2 Å². The molecule has 1 aromatic heterocycles. The van der Waals surface area contributed by atoms with Crippen molar-refractivity contribution in [2.24, 2.45) is 0 Å². The summed E-state index contributed by atoms with van der Waals surface area (Å²) in [4.78, 5) is 27.1. The zero-order valence-electron chi connectivity index (χ0n) is 17.3. The topological polar surface area (TPSA) is 54.3 Å². The highest BCUT2D eigenvalue weighted by Crippen LogP contribution is 2.30. The van der Waals surface area contributed by atoms with Crippen molar-refractivity contribution < 1.29 is 9.59 Å². The van der Waals surface area contributed by atoms with Crippen LogP contribution in [0.25, 0.3) is 11.8 Å². The summed E-state index contributed by atoms with van der Waals surface area (Å²) < 4.78 is 2.09. The third kappa shape index (κ3) is 3.80. The Kier molecular flexibility index (Phi) is 5.52. The second-order valence-electron chi connectivity index (χ2n) is 7.41. The molecule has 3 aromatic rings. The zero-order valence-corrected chi connectivity index (χ0v) is 18.8. The van der Waals surface area contributed by atoms with Crippen molar-refractivity contribution in [3.05, 3.63) is 87.7 Å². The van der Waals surface area contributed by atoms with E-state index < -0.39 is 11.8 Å². The number of carbonyl (C=O) groups is 2. The molecule has 2 aromatic carbocycles. The number of carbonyl (C=O) groups excluding carboxylic acids is 2. The second kappa shape index (κ2) is 8.13. The van der Waals surface area contributed by atoms with Gasteiger partial charge in [-0.15, -0.1) is 0 Å². The van der Waals surface area contributed by atoms with Gasteiger partial charge in [-0.05, 0) is 75.0 Å². The Balaban J connectivity index is 1.77. The fourth-order valence-corrected chi connectivity index (χ4v) is 4.18. The van der Waals surface area contributed by atoms with Gasteiger partial charge in [-0.25, -0.2) is 0 Å². The van der Waals surface area contributed by atoms with E-state index in [1.807, 2.05) is 51.1 Å². The molecule has 31 heavy (non-hydrogen) atoms. The van der Waals surface area contributed by atoms with E-state index in [2.05, 4.69) is 9.88 Å². The van der Waals surface area contributed by atoms with Gasteiger partial charge in [0.2, 0.25) is 0 Å². The SMILES string of the molecule is Cc1ccc(-n2c(C)cc(/C=C3\C(=O)NC(=S)N(c4ccccc4Cl)C3=O)c2C)cc1. The molecule has 0 saturated carbocycles. The molecule has 0 radical (unpaired) electrons. The number of nitrogens with one attached hydrogen (secondary N) is 1. The van der Waals surface area contributed by atoms with Crippen molar-refractivity contribution in [1.29, 1.82) is 0 Å². The lowest BCUT2D eigenvalue weighted by atomic mass is 10.1. The Hall–Kier alpha value is -3.22. The number of nitrogens with zero attached hydrogens (tertiary/aromatic N) is 2. The van der Waals surface area contributed by atoms with Crippen LogP contribution in [0.3, 0.4) is 0 Å². The molecule has 1 aliphatic heterocycles. The van der Waals surface area contributed by atoms with E-state index in [0.29, 0.717) is 10.7 Å². The number of para-hydroxylation sites is 1. The minimum absolute atomic E-state index is 0.00215. The number of anilines is 1. The third-order valence-electron chi connectivity index (χ3n) is 5.26. The van der Waals surface area contributed by atoms with Crippen molar-refractivity contribution in [2.45, 2.75) is 20.8 Å². The maximum absolute atomic E-state index is 13.3. The Bertz CT molecular complexity index is 1260. The summed E-state index contributed by atoms with van der Waals surface area (Å²) in [5.41, 5.74) is 5.32. The molecule has 4 rings (SSSR count). The summed E-state index contributed by atoms with van der Waals surface area (Å²) in [7, 11) is 0. The smallest absolute Gasteiger partial charge is 0.270 e. The van der Waals surface area contributed by atoms with Crippen LogP contribution >= 0.6 is 23.8 Å². The summed E-state index contributed by atoms with van der Waals surface area (Å²) >= 11 is 11.5. The molecule has 1 N–H and O–H groups in total. The zero-order chi connectivity index (χ0) is 22.3. The van der Waals surface area contributed by atoms with Gasteiger partial charge in [0.15, 0.2) is 5.11 Å². The maximum Gasteiger partial charge on any atom is 0.270 e. The number of thiocarbonyl (C=S) groups is 1. The van der Waals surface area contributed by atoms with Crippen molar-refractivity contribution in [1.82, 2.24) is 9.88 Å².